The number of nitrogens with one attached hydrogen (secondary N) is 3. The van der Waals surface area contributed by atoms with E-state index in [4.69, 9.17) is 0 Å². The summed E-state index contributed by atoms with van der Waals surface area (Å²) >= 11 is 1.09. The van der Waals surface area contributed by atoms with E-state index in [-0.39, 0.29) is 29.2 Å². The van der Waals surface area contributed by atoms with E-state index in [9.17, 15) is 39.7 Å². The van der Waals surface area contributed by atoms with Gasteiger partial charge in [0.1, 0.15) is 0 Å². The second-order valence-electron chi connectivity index (χ2n) is 9.22. The van der Waals surface area contributed by atoms with E-state index in [1.165, 1.54) is 41.3 Å². The molecule has 1 aliphatic heterocycles. The maximum absolute atomic E-state index is 13.4. The highest BCUT2D eigenvalue weighted by Gasteiger charge is 2.34. The number of rotatable bonds is 12. The first kappa shape index (κ1) is 32.1. The molecule has 1 heterocycles. The van der Waals surface area contributed by atoms with E-state index in [2.05, 4.69) is 20.6 Å². The van der Waals surface area contributed by atoms with E-state index in [1.807, 2.05) is 11.5 Å². The first-order chi connectivity index (χ1) is 21.6. The van der Waals surface area contributed by atoms with Gasteiger partial charge in [0, 0.05) is 29.9 Å². The van der Waals surface area contributed by atoms with Crippen molar-refractivity contribution in [3.63, 3.8) is 0 Å². The molecule has 3 amide bonds. The maximum Gasteiger partial charge on any atom is 0.295 e. The number of hydrogen-bond acceptors (Lipinski definition) is 12. The van der Waals surface area contributed by atoms with Crippen LogP contribution in [0.3, 0.4) is 0 Å². The summed E-state index contributed by atoms with van der Waals surface area (Å²) in [5.74, 6) is -2.03. The molecule has 232 valence electrons. The molecular formula is C28H25N7O9S. The molecule has 4 N–H and O–H groups in total. The van der Waals surface area contributed by atoms with E-state index in [0.29, 0.717) is 22.1 Å². The fourth-order valence-corrected chi connectivity index (χ4v) is 4.85. The van der Waals surface area contributed by atoms with Crippen molar-refractivity contribution in [1.29, 1.82) is 0 Å². The van der Waals surface area contributed by atoms with Gasteiger partial charge in [0.05, 0.1) is 28.2 Å². The fourth-order valence-electron chi connectivity index (χ4n) is 3.84. The lowest BCUT2D eigenvalue weighted by molar-refractivity contribution is -0.754. The van der Waals surface area contributed by atoms with Crippen molar-refractivity contribution in [2.24, 2.45) is 4.99 Å². The highest BCUT2D eigenvalue weighted by molar-refractivity contribution is 8.18. The minimum atomic E-state index is -1.14. The van der Waals surface area contributed by atoms with Gasteiger partial charge in [0.15, 0.2) is 11.8 Å². The fraction of sp³-hybridized carbons (Fsp3) is 0.143. The minimum Gasteiger partial charge on any atom is -0.389 e. The molecule has 0 radical (unpaired) electrons. The molecule has 16 nitrogen and oxygen atoms in total. The number of aliphatic hydroxyl groups is 1. The number of hydrogen-bond donors (Lipinski definition) is 4. The second-order valence-corrected chi connectivity index (χ2v) is 10.2. The number of carbonyl (C=O) groups is 3. The van der Waals surface area contributed by atoms with Crippen molar-refractivity contribution in [3.8, 4) is 0 Å². The zero-order valence-corrected chi connectivity index (χ0v) is 24.0. The largest absolute Gasteiger partial charge is 0.389 e. The van der Waals surface area contributed by atoms with Crippen LogP contribution in [0.25, 0.3) is 6.08 Å². The van der Waals surface area contributed by atoms with Gasteiger partial charge in [-0.15, -0.1) is 10.1 Å². The van der Waals surface area contributed by atoms with Crippen LogP contribution in [-0.2, 0) is 14.4 Å². The average molecular weight is 636 g/mol. The molecule has 0 bridgehead atoms. The average Bonchev–Trinajstić information content (AvgIpc) is 3.31. The van der Waals surface area contributed by atoms with Crippen molar-refractivity contribution in [1.82, 2.24) is 15.8 Å². The number of para-hydroxylation sites is 1. The van der Waals surface area contributed by atoms with Crippen LogP contribution >= 0.6 is 11.8 Å². The zero-order chi connectivity index (χ0) is 32.3. The van der Waals surface area contributed by atoms with Gasteiger partial charge in [-0.3, -0.25) is 40.2 Å². The number of carbonyl (C=O) groups excluding carboxylic acids is 3. The number of nitro benzene ring substituents is 1. The van der Waals surface area contributed by atoms with Crippen molar-refractivity contribution in [2.45, 2.75) is 6.10 Å². The van der Waals surface area contributed by atoms with Crippen molar-refractivity contribution in [3.05, 3.63) is 115 Å². The number of β-amino-alcohol motifs (C(OH)–C–C–N with tert-alkyl or cyclic N) is 1. The first-order valence-electron chi connectivity index (χ1n) is 13.1. The second kappa shape index (κ2) is 15.1. The van der Waals surface area contributed by atoms with E-state index >= 15 is 0 Å². The molecule has 1 aliphatic rings. The number of anilines is 1. The molecule has 17 heteroatoms. The Labute approximate surface area is 259 Å². The highest BCUT2D eigenvalue weighted by Crippen LogP contribution is 2.34. The normalized spacial score (nSPS) is 15.0. The molecule has 1 unspecified atom stereocenters. The maximum atomic E-state index is 13.4. The van der Waals surface area contributed by atoms with Gasteiger partial charge in [-0.25, -0.2) is 4.99 Å². The van der Waals surface area contributed by atoms with Crippen LogP contribution in [0.1, 0.15) is 15.9 Å². The summed E-state index contributed by atoms with van der Waals surface area (Å²) in [6, 6.07) is 20.8. The summed E-state index contributed by atoms with van der Waals surface area (Å²) in [6.07, 6.45) is 0.488. The number of non-ortho nitro benzene ring substituents is 1. The van der Waals surface area contributed by atoms with Crippen LogP contribution in [-0.4, -0.2) is 68.7 Å². The lowest BCUT2D eigenvalue weighted by Gasteiger charge is -2.20. The third-order valence-electron chi connectivity index (χ3n) is 5.95. The van der Waals surface area contributed by atoms with Crippen LogP contribution in [0, 0.1) is 20.2 Å². The van der Waals surface area contributed by atoms with Gasteiger partial charge >= 0.3 is 0 Å². The predicted molar refractivity (Wildman–Crippen MR) is 163 cm³/mol. The summed E-state index contributed by atoms with van der Waals surface area (Å²) in [6.45, 7) is -0.971. The summed E-state index contributed by atoms with van der Waals surface area (Å²) in [7, 11) is 0. The Kier molecular flexibility index (Phi) is 10.8. The molecule has 1 fully saturated rings. The summed E-state index contributed by atoms with van der Waals surface area (Å²) in [5.41, 5.74) is 5.73. The van der Waals surface area contributed by atoms with Crippen LogP contribution < -0.4 is 16.2 Å². The Bertz CT molecular complexity index is 1650. The van der Waals surface area contributed by atoms with Gasteiger partial charge in [0.25, 0.3) is 28.5 Å². The van der Waals surface area contributed by atoms with Crippen molar-refractivity contribution in [2.75, 3.05) is 25.0 Å². The van der Waals surface area contributed by atoms with Gasteiger partial charge in [-0.2, -0.15) is 0 Å². The van der Waals surface area contributed by atoms with Crippen LogP contribution in [0.2, 0.25) is 0 Å². The smallest absolute Gasteiger partial charge is 0.295 e. The van der Waals surface area contributed by atoms with Crippen molar-refractivity contribution < 1.29 is 34.3 Å². The molecule has 1 saturated heterocycles. The van der Waals surface area contributed by atoms with E-state index in [1.54, 1.807) is 42.5 Å². The lowest BCUT2D eigenvalue weighted by atomic mass is 10.2. The minimum absolute atomic E-state index is 0.0229. The number of aliphatic imine (C=N–C) groups is 1. The summed E-state index contributed by atoms with van der Waals surface area (Å²) in [4.78, 5) is 67.9. The number of hydrazine groups is 1. The first-order valence-corrected chi connectivity index (χ1v) is 13.9. The number of amidine groups is 1. The Hall–Kier alpha value is -5.81. The summed E-state index contributed by atoms with van der Waals surface area (Å²) in [5, 5.41) is 34.3. The number of benzene rings is 3. The molecule has 0 aromatic heterocycles. The SMILES string of the molecule is O=C(CO[N+](=O)[O-])NNC(=O)c1ccc(NCC(O)CN2C(=O)/C(=C/c3cccc([N+](=O)[O-])c3)SC2=Nc2ccccc2)cc1. The van der Waals surface area contributed by atoms with E-state index < -0.39 is 40.4 Å². The Morgan fingerprint density at radius 1 is 1.02 bits per heavy atom. The topological polar surface area (TPSA) is 219 Å². The van der Waals surface area contributed by atoms with Gasteiger partial charge in [0.2, 0.25) is 0 Å². The number of nitro groups is 1. The zero-order valence-electron chi connectivity index (χ0n) is 23.2. The van der Waals surface area contributed by atoms with Crippen LogP contribution in [0.5, 0.6) is 0 Å². The number of amides is 3. The Balaban J connectivity index is 1.39. The molecule has 1 atom stereocenters. The molecule has 3 aromatic carbocycles. The number of aliphatic hydroxyl groups excluding tert-OH is 1. The van der Waals surface area contributed by atoms with Crippen LogP contribution in [0.15, 0.2) is 88.8 Å². The molecule has 0 saturated carbocycles. The highest BCUT2D eigenvalue weighted by atomic mass is 32.2. The molecule has 45 heavy (non-hydrogen) atoms. The van der Waals surface area contributed by atoms with Gasteiger partial charge in [-0.1, -0.05) is 30.3 Å². The third kappa shape index (κ3) is 9.34. The Morgan fingerprint density at radius 2 is 1.76 bits per heavy atom. The van der Waals surface area contributed by atoms with E-state index in [0.717, 1.165) is 11.8 Å². The van der Waals surface area contributed by atoms with Gasteiger partial charge < -0.3 is 15.3 Å². The van der Waals surface area contributed by atoms with Gasteiger partial charge in [-0.05, 0) is 59.8 Å². The van der Waals surface area contributed by atoms with Crippen LogP contribution in [0.4, 0.5) is 17.1 Å². The summed E-state index contributed by atoms with van der Waals surface area (Å²) < 4.78 is 0. The monoisotopic (exact) mass is 635 g/mol. The quantitative estimate of drug-likeness (QED) is 0.129. The Morgan fingerprint density at radius 3 is 2.44 bits per heavy atom. The molecule has 4 rings (SSSR count). The third-order valence-corrected chi connectivity index (χ3v) is 6.95. The molecule has 0 aliphatic carbocycles. The predicted octanol–water partition coefficient (Wildman–Crippen LogP) is 2.64. The molecular weight excluding hydrogens is 610 g/mol. The standard InChI is InChI=1S/C28H25N7O9S/c36-23(15-29-20-11-9-19(10-12-20)26(38)32-31-25(37)17-44-35(42)43)16-33-27(39)24(14-18-5-4-8-22(13-18)34(40)41)45-28(33)30-21-6-2-1-3-7-21/h1-14,23,29,36H,15-17H2,(H,31,37)(H,32,38)/b24-14-,30-28?. The van der Waals surface area contributed by atoms with Crippen molar-refractivity contribution >= 4 is 57.8 Å². The number of nitrogens with zero attached hydrogens (tertiary/aromatic N) is 4. The number of thioether (sulfide) groups is 1. The molecule has 0 spiro atoms. The molecule has 3 aromatic rings. The lowest BCUT2D eigenvalue weighted by Crippen LogP contribution is -2.43.